The van der Waals surface area contributed by atoms with Crippen LogP contribution < -0.4 is 19.7 Å². The Balaban J connectivity index is 1.71. The first-order valence-corrected chi connectivity index (χ1v) is 9.90. The minimum Gasteiger partial charge on any atom is -0.493 e. The fourth-order valence-electron chi connectivity index (χ4n) is 3.33. The first-order valence-electron chi connectivity index (χ1n) is 9.90. The lowest BCUT2D eigenvalue weighted by atomic mass is 10.1. The Labute approximate surface area is 182 Å². The fourth-order valence-corrected chi connectivity index (χ4v) is 3.33. The average molecular weight is 425 g/mol. The van der Waals surface area contributed by atoms with Crippen LogP contribution in [0.15, 0.2) is 30.6 Å². The molecule has 0 unspecified atom stereocenters. The van der Waals surface area contributed by atoms with Gasteiger partial charge in [-0.15, -0.1) is 0 Å². The van der Waals surface area contributed by atoms with Crippen LogP contribution in [-0.2, 0) is 11.2 Å². The lowest BCUT2D eigenvalue weighted by molar-refractivity contribution is -0.116. The summed E-state index contributed by atoms with van der Waals surface area (Å²) in [4.78, 5) is 23.0. The van der Waals surface area contributed by atoms with Crippen LogP contribution in [0.3, 0.4) is 0 Å². The van der Waals surface area contributed by atoms with Crippen LogP contribution in [0.5, 0.6) is 11.5 Å². The molecule has 0 aliphatic carbocycles. The van der Waals surface area contributed by atoms with Gasteiger partial charge in [-0.2, -0.15) is 5.10 Å². The summed E-state index contributed by atoms with van der Waals surface area (Å²) >= 11 is 0. The van der Waals surface area contributed by atoms with Crippen molar-refractivity contribution in [3.8, 4) is 17.3 Å². The minimum atomic E-state index is -0.0873. The van der Waals surface area contributed by atoms with Gasteiger partial charge >= 0.3 is 0 Å². The van der Waals surface area contributed by atoms with E-state index in [1.54, 1.807) is 37.1 Å². The second kappa shape index (κ2) is 9.46. The SMILES string of the molecule is COc1ccc(NC(=O)CCc2c(C)nn(-c3cc(N(C)C)ncn3)c2C)cc1OC. The van der Waals surface area contributed by atoms with Crippen LogP contribution in [0.1, 0.15) is 23.4 Å². The van der Waals surface area contributed by atoms with Crippen LogP contribution in [0, 0.1) is 13.8 Å². The van der Waals surface area contributed by atoms with Crippen molar-refractivity contribution >= 4 is 17.4 Å². The molecular formula is C22H28N6O3. The molecule has 1 N–H and O–H groups in total. The van der Waals surface area contributed by atoms with Gasteiger partial charge in [-0.05, 0) is 38.0 Å². The van der Waals surface area contributed by atoms with Gasteiger partial charge in [0.2, 0.25) is 5.91 Å². The van der Waals surface area contributed by atoms with Gasteiger partial charge < -0.3 is 19.7 Å². The Morgan fingerprint density at radius 1 is 1.10 bits per heavy atom. The summed E-state index contributed by atoms with van der Waals surface area (Å²) in [6, 6.07) is 7.16. The Kier molecular flexibility index (Phi) is 6.74. The number of aromatic nitrogens is 4. The van der Waals surface area contributed by atoms with Crippen LogP contribution >= 0.6 is 0 Å². The first-order chi connectivity index (χ1) is 14.8. The number of benzene rings is 1. The summed E-state index contributed by atoms with van der Waals surface area (Å²) in [5.74, 6) is 2.58. The Morgan fingerprint density at radius 3 is 2.52 bits per heavy atom. The number of rotatable bonds is 8. The molecule has 0 bridgehead atoms. The first kappa shape index (κ1) is 22.1. The lowest BCUT2D eigenvalue weighted by Crippen LogP contribution is -2.13. The number of nitrogens with one attached hydrogen (secondary N) is 1. The van der Waals surface area contributed by atoms with E-state index in [0.29, 0.717) is 35.8 Å². The topological polar surface area (TPSA) is 94.4 Å². The number of aryl methyl sites for hydroxylation is 1. The highest BCUT2D eigenvalue weighted by molar-refractivity contribution is 5.91. The number of amides is 1. The van der Waals surface area contributed by atoms with Gasteiger partial charge in [0.05, 0.1) is 19.9 Å². The highest BCUT2D eigenvalue weighted by atomic mass is 16.5. The standard InChI is InChI=1S/C22H28N6O3/c1-14-17(15(2)28(26-14)21-12-20(27(3)4)23-13-24-21)8-10-22(29)25-16-7-9-18(30-5)19(11-16)31-6/h7,9,11-13H,8,10H2,1-6H3,(H,25,29). The highest BCUT2D eigenvalue weighted by Gasteiger charge is 2.16. The number of methoxy groups -OCH3 is 2. The third kappa shape index (κ3) is 4.93. The molecule has 31 heavy (non-hydrogen) atoms. The van der Waals surface area contributed by atoms with Crippen LogP contribution in [0.25, 0.3) is 5.82 Å². The quantitative estimate of drug-likeness (QED) is 0.594. The number of carbonyl (C=O) groups is 1. The molecule has 0 radical (unpaired) electrons. The second-order valence-corrected chi connectivity index (χ2v) is 7.31. The summed E-state index contributed by atoms with van der Waals surface area (Å²) < 4.78 is 12.3. The van der Waals surface area contributed by atoms with Crippen molar-refractivity contribution in [1.82, 2.24) is 19.7 Å². The Morgan fingerprint density at radius 2 is 1.84 bits per heavy atom. The van der Waals surface area contributed by atoms with Crippen molar-refractivity contribution in [3.63, 3.8) is 0 Å². The summed E-state index contributed by atoms with van der Waals surface area (Å²) in [5, 5.41) is 7.54. The summed E-state index contributed by atoms with van der Waals surface area (Å²) in [5.41, 5.74) is 3.53. The molecule has 0 fully saturated rings. The van der Waals surface area contributed by atoms with E-state index in [-0.39, 0.29) is 5.91 Å². The molecule has 2 heterocycles. The maximum atomic E-state index is 12.5. The van der Waals surface area contributed by atoms with Crippen molar-refractivity contribution in [2.75, 3.05) is 38.5 Å². The maximum absolute atomic E-state index is 12.5. The van der Waals surface area contributed by atoms with Gasteiger partial charge in [0.15, 0.2) is 17.3 Å². The largest absolute Gasteiger partial charge is 0.493 e. The molecule has 1 aromatic carbocycles. The molecule has 164 valence electrons. The molecule has 1 amide bonds. The monoisotopic (exact) mass is 424 g/mol. The minimum absolute atomic E-state index is 0.0873. The Bertz CT molecular complexity index is 1080. The van der Waals surface area contributed by atoms with E-state index in [4.69, 9.17) is 9.47 Å². The molecule has 9 heteroatoms. The van der Waals surface area contributed by atoms with E-state index >= 15 is 0 Å². The molecule has 3 aromatic rings. The van der Waals surface area contributed by atoms with Crippen molar-refractivity contribution in [2.45, 2.75) is 26.7 Å². The molecule has 3 rings (SSSR count). The zero-order valence-electron chi connectivity index (χ0n) is 18.8. The molecule has 0 aliphatic heterocycles. The van der Waals surface area contributed by atoms with Crippen molar-refractivity contribution in [3.05, 3.63) is 47.5 Å². The van der Waals surface area contributed by atoms with E-state index in [1.165, 1.54) is 6.33 Å². The van der Waals surface area contributed by atoms with E-state index in [1.807, 2.05) is 38.9 Å². The zero-order valence-corrected chi connectivity index (χ0v) is 18.8. The van der Waals surface area contributed by atoms with E-state index in [0.717, 1.165) is 22.8 Å². The molecule has 0 spiro atoms. The second-order valence-electron chi connectivity index (χ2n) is 7.31. The molecule has 0 atom stereocenters. The van der Waals surface area contributed by atoms with Crippen LogP contribution in [-0.4, -0.2) is 54.0 Å². The summed E-state index contributed by atoms with van der Waals surface area (Å²) in [6.45, 7) is 3.93. The van der Waals surface area contributed by atoms with Crippen LogP contribution in [0.2, 0.25) is 0 Å². The number of ether oxygens (including phenoxy) is 2. The van der Waals surface area contributed by atoms with Crippen LogP contribution in [0.4, 0.5) is 11.5 Å². The number of nitrogens with zero attached hydrogens (tertiary/aromatic N) is 5. The molecule has 2 aromatic heterocycles. The van der Waals surface area contributed by atoms with E-state index in [9.17, 15) is 4.79 Å². The lowest BCUT2D eigenvalue weighted by Gasteiger charge is -2.12. The summed E-state index contributed by atoms with van der Waals surface area (Å²) in [7, 11) is 6.99. The predicted molar refractivity (Wildman–Crippen MR) is 119 cm³/mol. The summed E-state index contributed by atoms with van der Waals surface area (Å²) in [6.07, 6.45) is 2.42. The normalized spacial score (nSPS) is 10.6. The smallest absolute Gasteiger partial charge is 0.224 e. The van der Waals surface area contributed by atoms with Gasteiger partial charge in [0.1, 0.15) is 12.1 Å². The zero-order chi connectivity index (χ0) is 22.5. The van der Waals surface area contributed by atoms with Gasteiger partial charge in [0.25, 0.3) is 0 Å². The van der Waals surface area contributed by atoms with Crippen molar-refractivity contribution < 1.29 is 14.3 Å². The third-order valence-electron chi connectivity index (χ3n) is 5.02. The van der Waals surface area contributed by atoms with Gasteiger partial charge in [0, 0.05) is 44.0 Å². The number of hydrogen-bond donors (Lipinski definition) is 1. The maximum Gasteiger partial charge on any atom is 0.224 e. The number of anilines is 2. The predicted octanol–water partition coefficient (Wildman–Crippen LogP) is 2.93. The van der Waals surface area contributed by atoms with Gasteiger partial charge in [-0.25, -0.2) is 14.6 Å². The molecule has 9 nitrogen and oxygen atoms in total. The van der Waals surface area contributed by atoms with E-state index < -0.39 is 0 Å². The molecule has 0 aliphatic rings. The molecule has 0 saturated heterocycles. The fraction of sp³-hybridized carbons (Fsp3) is 0.364. The van der Waals surface area contributed by atoms with Crippen molar-refractivity contribution in [2.24, 2.45) is 0 Å². The Hall–Kier alpha value is -3.62. The number of hydrogen-bond acceptors (Lipinski definition) is 7. The highest BCUT2D eigenvalue weighted by Crippen LogP contribution is 2.30. The number of carbonyl (C=O) groups excluding carboxylic acids is 1. The third-order valence-corrected chi connectivity index (χ3v) is 5.02. The molecular weight excluding hydrogens is 396 g/mol. The van der Waals surface area contributed by atoms with Gasteiger partial charge in [-0.3, -0.25) is 4.79 Å². The average Bonchev–Trinajstić information content (AvgIpc) is 3.05. The molecule has 0 saturated carbocycles. The van der Waals surface area contributed by atoms with E-state index in [2.05, 4.69) is 20.4 Å². The van der Waals surface area contributed by atoms with Crippen molar-refractivity contribution in [1.29, 1.82) is 0 Å². The van der Waals surface area contributed by atoms with Gasteiger partial charge in [-0.1, -0.05) is 0 Å².